The molecule has 0 radical (unpaired) electrons. The minimum Gasteiger partial charge on any atom is -0.380 e. The van der Waals surface area contributed by atoms with Gasteiger partial charge < -0.3 is 20.9 Å². The van der Waals surface area contributed by atoms with Gasteiger partial charge in [-0.1, -0.05) is 42.5 Å². The maximum Gasteiger partial charge on any atom is 0.253 e. The molecule has 0 aliphatic carbocycles. The SMILES string of the molecule is NC(=O)c1cnc(Cc2cccc(C(=O)N3CCC(N4CCCCC4=O)CC3)c2)cc1NCc1ccccc1. The van der Waals surface area contributed by atoms with Crippen LogP contribution in [0.4, 0.5) is 5.69 Å². The smallest absolute Gasteiger partial charge is 0.253 e. The third kappa shape index (κ3) is 6.45. The molecule has 2 aromatic carbocycles. The first kappa shape index (κ1) is 26.4. The predicted octanol–water partition coefficient (Wildman–Crippen LogP) is 4.00. The molecule has 0 saturated carbocycles. The number of amides is 3. The third-order valence-electron chi connectivity index (χ3n) is 7.66. The molecule has 2 aliphatic heterocycles. The Kier molecular flexibility index (Phi) is 8.20. The molecule has 0 atom stereocenters. The zero-order valence-electron chi connectivity index (χ0n) is 22.1. The quantitative estimate of drug-likeness (QED) is 0.462. The molecule has 0 spiro atoms. The average molecular weight is 526 g/mol. The first-order valence-corrected chi connectivity index (χ1v) is 13.7. The summed E-state index contributed by atoms with van der Waals surface area (Å²) in [6.45, 7) is 2.71. The summed E-state index contributed by atoms with van der Waals surface area (Å²) < 4.78 is 0. The zero-order chi connectivity index (χ0) is 27.2. The highest BCUT2D eigenvalue weighted by Gasteiger charge is 2.31. The van der Waals surface area contributed by atoms with Crippen LogP contribution >= 0.6 is 0 Å². The standard InChI is InChI=1S/C31H35N5O3/c32-30(38)27-21-33-25(19-28(27)34-20-22-7-2-1-3-8-22)18-23-9-6-10-24(17-23)31(39)35-15-12-26(13-16-35)36-14-5-4-11-29(36)37/h1-3,6-10,17,19,21,26H,4-5,11-16,18,20H2,(H2,32,38)(H,33,34). The van der Waals surface area contributed by atoms with Gasteiger partial charge in [0, 0.05) is 62.5 Å². The van der Waals surface area contributed by atoms with E-state index in [4.69, 9.17) is 5.73 Å². The Bertz CT molecular complexity index is 1340. The largest absolute Gasteiger partial charge is 0.380 e. The molecule has 2 saturated heterocycles. The Morgan fingerprint density at radius 1 is 0.949 bits per heavy atom. The van der Waals surface area contributed by atoms with Crippen molar-refractivity contribution in [1.29, 1.82) is 0 Å². The van der Waals surface area contributed by atoms with E-state index in [9.17, 15) is 14.4 Å². The number of pyridine rings is 1. The second kappa shape index (κ2) is 12.1. The number of anilines is 1. The first-order valence-electron chi connectivity index (χ1n) is 13.7. The second-order valence-corrected chi connectivity index (χ2v) is 10.4. The topological polar surface area (TPSA) is 109 Å². The summed E-state index contributed by atoms with van der Waals surface area (Å²) in [5.41, 5.74) is 10.0. The van der Waals surface area contributed by atoms with Gasteiger partial charge in [0.15, 0.2) is 0 Å². The van der Waals surface area contributed by atoms with Crippen molar-refractivity contribution in [3.05, 3.63) is 94.8 Å². The van der Waals surface area contributed by atoms with Crippen molar-refractivity contribution >= 4 is 23.4 Å². The van der Waals surface area contributed by atoms with Gasteiger partial charge >= 0.3 is 0 Å². The Labute approximate surface area is 229 Å². The Balaban J connectivity index is 1.24. The molecule has 2 fully saturated rings. The highest BCUT2D eigenvalue weighted by atomic mass is 16.2. The second-order valence-electron chi connectivity index (χ2n) is 10.4. The molecule has 1 aromatic heterocycles. The average Bonchev–Trinajstić information content (AvgIpc) is 2.97. The zero-order valence-corrected chi connectivity index (χ0v) is 22.1. The number of primary amides is 1. The van der Waals surface area contributed by atoms with Crippen molar-refractivity contribution in [2.75, 3.05) is 25.0 Å². The van der Waals surface area contributed by atoms with Gasteiger partial charge in [0.25, 0.3) is 11.8 Å². The van der Waals surface area contributed by atoms with Crippen molar-refractivity contribution in [3.8, 4) is 0 Å². The number of likely N-dealkylation sites (tertiary alicyclic amines) is 2. The molecular weight excluding hydrogens is 490 g/mol. The number of rotatable bonds is 8. The summed E-state index contributed by atoms with van der Waals surface area (Å²) in [6, 6.07) is 19.7. The molecular formula is C31H35N5O3. The molecule has 3 N–H and O–H groups in total. The van der Waals surface area contributed by atoms with Gasteiger partial charge in [-0.3, -0.25) is 19.4 Å². The van der Waals surface area contributed by atoms with Crippen LogP contribution in [0.3, 0.4) is 0 Å². The lowest BCUT2D eigenvalue weighted by molar-refractivity contribution is -0.136. The lowest BCUT2D eigenvalue weighted by atomic mass is 9.98. The molecule has 0 unspecified atom stereocenters. The van der Waals surface area contributed by atoms with E-state index in [0.29, 0.717) is 49.3 Å². The van der Waals surface area contributed by atoms with E-state index in [1.807, 2.05) is 70.5 Å². The molecule has 5 rings (SSSR count). The van der Waals surface area contributed by atoms with Crippen LogP contribution in [0.15, 0.2) is 66.9 Å². The predicted molar refractivity (Wildman–Crippen MR) is 150 cm³/mol. The van der Waals surface area contributed by atoms with Gasteiger partial charge in [0.1, 0.15) is 0 Å². The molecule has 2 aliphatic rings. The highest BCUT2D eigenvalue weighted by molar-refractivity contribution is 5.98. The minimum absolute atomic E-state index is 0.0162. The third-order valence-corrected chi connectivity index (χ3v) is 7.66. The van der Waals surface area contributed by atoms with E-state index >= 15 is 0 Å². The van der Waals surface area contributed by atoms with Gasteiger partial charge in [0.05, 0.1) is 11.3 Å². The van der Waals surface area contributed by atoms with E-state index in [2.05, 4.69) is 10.3 Å². The van der Waals surface area contributed by atoms with Crippen LogP contribution in [0.2, 0.25) is 0 Å². The van der Waals surface area contributed by atoms with E-state index in [-0.39, 0.29) is 17.9 Å². The summed E-state index contributed by atoms with van der Waals surface area (Å²) >= 11 is 0. The number of aromatic nitrogens is 1. The summed E-state index contributed by atoms with van der Waals surface area (Å²) in [7, 11) is 0. The highest BCUT2D eigenvalue weighted by Crippen LogP contribution is 2.24. The Morgan fingerprint density at radius 3 is 2.46 bits per heavy atom. The van der Waals surface area contributed by atoms with E-state index in [0.717, 1.165) is 49.0 Å². The number of nitrogens with two attached hydrogens (primary N) is 1. The molecule has 3 aromatic rings. The van der Waals surface area contributed by atoms with Crippen LogP contribution in [0.1, 0.15) is 69.6 Å². The number of hydrogen-bond acceptors (Lipinski definition) is 5. The molecule has 8 heteroatoms. The number of nitrogens with zero attached hydrogens (tertiary/aromatic N) is 3. The molecule has 39 heavy (non-hydrogen) atoms. The maximum atomic E-state index is 13.3. The number of nitrogens with one attached hydrogen (secondary N) is 1. The lowest BCUT2D eigenvalue weighted by Gasteiger charge is -2.40. The Morgan fingerprint density at radius 2 is 1.72 bits per heavy atom. The summed E-state index contributed by atoms with van der Waals surface area (Å²) in [6.07, 6.45) is 6.38. The number of hydrogen-bond donors (Lipinski definition) is 2. The van der Waals surface area contributed by atoms with Crippen LogP contribution < -0.4 is 11.1 Å². The van der Waals surface area contributed by atoms with Crippen molar-refractivity contribution in [3.63, 3.8) is 0 Å². The Hall–Kier alpha value is -4.20. The van der Waals surface area contributed by atoms with E-state index in [1.165, 1.54) is 6.20 Å². The molecule has 3 amide bonds. The van der Waals surface area contributed by atoms with Crippen molar-refractivity contribution in [1.82, 2.24) is 14.8 Å². The van der Waals surface area contributed by atoms with Crippen molar-refractivity contribution in [2.24, 2.45) is 5.73 Å². The van der Waals surface area contributed by atoms with Gasteiger partial charge in [-0.05, 0) is 55.0 Å². The lowest BCUT2D eigenvalue weighted by Crippen LogP contribution is -2.50. The van der Waals surface area contributed by atoms with Gasteiger partial charge in [-0.25, -0.2) is 0 Å². The van der Waals surface area contributed by atoms with E-state index < -0.39 is 5.91 Å². The molecule has 3 heterocycles. The first-order chi connectivity index (χ1) is 19.0. The molecule has 0 bridgehead atoms. The van der Waals surface area contributed by atoms with Crippen molar-refractivity contribution < 1.29 is 14.4 Å². The van der Waals surface area contributed by atoms with E-state index in [1.54, 1.807) is 0 Å². The number of benzene rings is 2. The van der Waals surface area contributed by atoms with Crippen LogP contribution in [0.25, 0.3) is 0 Å². The van der Waals surface area contributed by atoms with Crippen molar-refractivity contribution in [2.45, 2.75) is 51.1 Å². The number of carbonyl (C=O) groups excluding carboxylic acids is 3. The maximum absolute atomic E-state index is 13.3. The van der Waals surface area contributed by atoms with Gasteiger partial charge in [-0.15, -0.1) is 0 Å². The number of carbonyl (C=O) groups is 3. The monoisotopic (exact) mass is 525 g/mol. The van der Waals surface area contributed by atoms with Gasteiger partial charge in [-0.2, -0.15) is 0 Å². The normalized spacial score (nSPS) is 16.3. The van der Waals surface area contributed by atoms with Crippen LogP contribution in [-0.4, -0.2) is 58.2 Å². The summed E-state index contributed by atoms with van der Waals surface area (Å²) in [5.74, 6) is -0.261. The fourth-order valence-corrected chi connectivity index (χ4v) is 5.53. The van der Waals surface area contributed by atoms with Crippen LogP contribution in [0.5, 0.6) is 0 Å². The summed E-state index contributed by atoms with van der Waals surface area (Å²) in [4.78, 5) is 46.0. The van der Waals surface area contributed by atoms with Gasteiger partial charge in [0.2, 0.25) is 5.91 Å². The minimum atomic E-state index is -0.536. The van der Waals surface area contributed by atoms with Crippen LogP contribution in [0, 0.1) is 0 Å². The summed E-state index contributed by atoms with van der Waals surface area (Å²) in [5, 5.41) is 3.31. The molecule has 202 valence electrons. The fourth-order valence-electron chi connectivity index (χ4n) is 5.53. The van der Waals surface area contributed by atoms with Crippen LogP contribution in [-0.2, 0) is 17.8 Å². The fraction of sp³-hybridized carbons (Fsp3) is 0.355. The molecule has 8 nitrogen and oxygen atoms in total. The number of piperidine rings is 2.